The van der Waals surface area contributed by atoms with Crippen molar-refractivity contribution in [1.82, 2.24) is 10.0 Å². The van der Waals surface area contributed by atoms with Crippen LogP contribution in [0, 0.1) is 11.8 Å². The van der Waals surface area contributed by atoms with E-state index in [-0.39, 0.29) is 24.4 Å². The number of hydrogen-bond donors (Lipinski definition) is 3. The number of nitrogens with one attached hydrogen (secondary N) is 2. The lowest BCUT2D eigenvalue weighted by atomic mass is 10.1. The summed E-state index contributed by atoms with van der Waals surface area (Å²) in [6.07, 6.45) is 3.22. The molecular weight excluding hydrogens is 382 g/mol. The van der Waals surface area contributed by atoms with Gasteiger partial charge in [-0.1, -0.05) is 13.8 Å². The van der Waals surface area contributed by atoms with Gasteiger partial charge in [0.05, 0.1) is 0 Å². The van der Waals surface area contributed by atoms with Crippen LogP contribution < -0.4 is 15.8 Å². The minimum atomic E-state index is -3.51. The summed E-state index contributed by atoms with van der Waals surface area (Å²) in [7, 11) is -3.51. The van der Waals surface area contributed by atoms with Crippen LogP contribution in [0.15, 0.2) is 16.3 Å². The zero-order valence-corrected chi connectivity index (χ0v) is 17.1. The number of thiophene rings is 1. The van der Waals surface area contributed by atoms with E-state index in [1.807, 2.05) is 19.9 Å². The minimum Gasteiger partial charge on any atom is -0.356 e. The Morgan fingerprint density at radius 2 is 2.04 bits per heavy atom. The molecule has 1 saturated carbocycles. The van der Waals surface area contributed by atoms with Gasteiger partial charge >= 0.3 is 0 Å². The monoisotopic (exact) mass is 409 g/mol. The zero-order chi connectivity index (χ0) is 17.7. The van der Waals surface area contributed by atoms with E-state index >= 15 is 0 Å². The van der Waals surface area contributed by atoms with Gasteiger partial charge in [-0.05, 0) is 43.2 Å². The summed E-state index contributed by atoms with van der Waals surface area (Å²) < 4.78 is 27.9. The highest BCUT2D eigenvalue weighted by Crippen LogP contribution is 2.33. The third-order valence-corrected chi connectivity index (χ3v) is 7.07. The lowest BCUT2D eigenvalue weighted by molar-refractivity contribution is -0.121. The molecule has 1 fully saturated rings. The Kier molecular flexibility index (Phi) is 8.83. The summed E-state index contributed by atoms with van der Waals surface area (Å²) in [5.41, 5.74) is 5.67. The van der Waals surface area contributed by atoms with Gasteiger partial charge in [0.25, 0.3) is 0 Å². The molecule has 1 unspecified atom stereocenters. The first-order valence-corrected chi connectivity index (χ1v) is 10.7. The molecule has 1 aromatic heterocycles. The number of carbonyl (C=O) groups is 1. The van der Waals surface area contributed by atoms with Crippen molar-refractivity contribution >= 4 is 39.7 Å². The first kappa shape index (κ1) is 22.4. The van der Waals surface area contributed by atoms with Gasteiger partial charge in [-0.15, -0.1) is 23.7 Å². The number of nitrogens with two attached hydrogens (primary N) is 1. The molecule has 6 nitrogen and oxygen atoms in total. The third kappa shape index (κ3) is 7.22. The molecular formula is C16H28ClN3O3S2. The van der Waals surface area contributed by atoms with E-state index in [1.165, 1.54) is 11.3 Å². The number of sulfonamides is 1. The van der Waals surface area contributed by atoms with Crippen LogP contribution in [-0.4, -0.2) is 33.5 Å². The molecule has 144 valence electrons. The minimum absolute atomic E-state index is 0. The second-order valence-electron chi connectivity index (χ2n) is 6.72. The van der Waals surface area contributed by atoms with E-state index in [1.54, 1.807) is 6.07 Å². The molecule has 0 radical (unpaired) electrons. The maximum absolute atomic E-state index is 12.4. The predicted molar refractivity (Wildman–Crippen MR) is 104 cm³/mol. The highest BCUT2D eigenvalue weighted by molar-refractivity contribution is 7.91. The molecule has 1 aromatic rings. The van der Waals surface area contributed by atoms with Gasteiger partial charge in [0.1, 0.15) is 4.21 Å². The zero-order valence-electron chi connectivity index (χ0n) is 14.7. The molecule has 0 bridgehead atoms. The van der Waals surface area contributed by atoms with Gasteiger partial charge in [0.2, 0.25) is 15.9 Å². The lowest BCUT2D eigenvalue weighted by Gasteiger charge is -2.15. The topological polar surface area (TPSA) is 101 Å². The molecule has 1 amide bonds. The van der Waals surface area contributed by atoms with Crippen LogP contribution in [0.5, 0.6) is 0 Å². The number of hydrogen-bond acceptors (Lipinski definition) is 5. The standard InChI is InChI=1S/C16H27N3O3S2.ClH/c1-11(2)9-15(20)18-8-7-13-5-6-16(23-13)24(21,22)19-14(10-17)12-3-4-12;/h5-6,11-12,14,19H,3-4,7-10,17H2,1-2H3,(H,18,20);1H. The van der Waals surface area contributed by atoms with Crippen LogP contribution in [0.2, 0.25) is 0 Å². The molecule has 0 aliphatic heterocycles. The van der Waals surface area contributed by atoms with Crippen molar-refractivity contribution in [3.05, 3.63) is 17.0 Å². The molecule has 0 saturated heterocycles. The smallest absolute Gasteiger partial charge is 0.250 e. The Labute approximate surface area is 160 Å². The third-order valence-electron chi connectivity index (χ3n) is 3.94. The Hall–Kier alpha value is -0.670. The summed E-state index contributed by atoms with van der Waals surface area (Å²) in [5.74, 6) is 0.739. The molecule has 2 rings (SSSR count). The highest BCUT2D eigenvalue weighted by Gasteiger charge is 2.33. The van der Waals surface area contributed by atoms with Crippen molar-refractivity contribution in [2.24, 2.45) is 17.6 Å². The van der Waals surface area contributed by atoms with Gasteiger partial charge in [-0.25, -0.2) is 13.1 Å². The van der Waals surface area contributed by atoms with Crippen molar-refractivity contribution in [1.29, 1.82) is 0 Å². The lowest BCUT2D eigenvalue weighted by Crippen LogP contribution is -2.41. The molecule has 4 N–H and O–H groups in total. The molecule has 0 spiro atoms. The van der Waals surface area contributed by atoms with Crippen molar-refractivity contribution in [3.8, 4) is 0 Å². The first-order valence-electron chi connectivity index (χ1n) is 8.39. The summed E-state index contributed by atoms with van der Waals surface area (Å²) in [6, 6.07) is 3.26. The Morgan fingerprint density at radius 1 is 1.36 bits per heavy atom. The number of amides is 1. The average molecular weight is 410 g/mol. The van der Waals surface area contributed by atoms with Gasteiger partial charge in [0, 0.05) is 30.4 Å². The summed E-state index contributed by atoms with van der Waals surface area (Å²) >= 11 is 1.25. The normalized spacial score (nSPS) is 15.7. The number of halogens is 1. The molecule has 9 heteroatoms. The molecule has 1 aliphatic rings. The summed E-state index contributed by atoms with van der Waals surface area (Å²) in [5, 5.41) is 2.86. The quantitative estimate of drug-likeness (QED) is 0.549. The largest absolute Gasteiger partial charge is 0.356 e. The number of carbonyl (C=O) groups excluding carboxylic acids is 1. The van der Waals surface area contributed by atoms with E-state index in [0.29, 0.717) is 42.0 Å². The van der Waals surface area contributed by atoms with Crippen LogP contribution in [0.4, 0.5) is 0 Å². The van der Waals surface area contributed by atoms with Crippen molar-refractivity contribution in [3.63, 3.8) is 0 Å². The fourth-order valence-corrected chi connectivity index (χ4v) is 5.19. The van der Waals surface area contributed by atoms with Gasteiger partial charge in [-0.2, -0.15) is 0 Å². The molecule has 1 aliphatic carbocycles. The van der Waals surface area contributed by atoms with Crippen LogP contribution >= 0.6 is 23.7 Å². The maximum Gasteiger partial charge on any atom is 0.250 e. The van der Waals surface area contributed by atoms with E-state index in [4.69, 9.17) is 5.73 Å². The maximum atomic E-state index is 12.4. The van der Waals surface area contributed by atoms with E-state index in [2.05, 4.69) is 10.0 Å². The van der Waals surface area contributed by atoms with Crippen LogP contribution in [0.3, 0.4) is 0 Å². The SMILES string of the molecule is CC(C)CC(=O)NCCc1ccc(S(=O)(=O)NC(CN)C2CC2)s1.Cl. The highest BCUT2D eigenvalue weighted by atomic mass is 35.5. The average Bonchev–Trinajstić information content (AvgIpc) is 3.22. The van der Waals surface area contributed by atoms with Gasteiger partial charge in [-0.3, -0.25) is 4.79 Å². The first-order chi connectivity index (χ1) is 11.3. The fourth-order valence-electron chi connectivity index (χ4n) is 2.50. The fraction of sp³-hybridized carbons (Fsp3) is 0.688. The second kappa shape index (κ2) is 9.87. The second-order valence-corrected chi connectivity index (χ2v) is 9.83. The Bertz CT molecular complexity index is 657. The van der Waals surface area contributed by atoms with Crippen molar-refractivity contribution in [2.75, 3.05) is 13.1 Å². The molecule has 1 heterocycles. The van der Waals surface area contributed by atoms with Gasteiger partial charge in [0.15, 0.2) is 0 Å². The van der Waals surface area contributed by atoms with E-state index in [0.717, 1.165) is 17.7 Å². The molecule has 1 atom stereocenters. The number of rotatable bonds is 10. The Balaban J connectivity index is 0.00000312. The van der Waals surface area contributed by atoms with Crippen molar-refractivity contribution in [2.45, 2.75) is 49.8 Å². The van der Waals surface area contributed by atoms with Crippen LogP contribution in [-0.2, 0) is 21.2 Å². The summed E-state index contributed by atoms with van der Waals surface area (Å²) in [6.45, 7) is 4.84. The van der Waals surface area contributed by atoms with Crippen molar-refractivity contribution < 1.29 is 13.2 Å². The summed E-state index contributed by atoms with van der Waals surface area (Å²) in [4.78, 5) is 12.5. The van der Waals surface area contributed by atoms with Gasteiger partial charge < -0.3 is 11.1 Å². The van der Waals surface area contributed by atoms with E-state index in [9.17, 15) is 13.2 Å². The Morgan fingerprint density at radius 3 is 2.60 bits per heavy atom. The molecule has 25 heavy (non-hydrogen) atoms. The molecule has 0 aromatic carbocycles. The predicted octanol–water partition coefficient (Wildman–Crippen LogP) is 1.89. The van der Waals surface area contributed by atoms with Crippen LogP contribution in [0.1, 0.15) is 38.0 Å². The van der Waals surface area contributed by atoms with Crippen LogP contribution in [0.25, 0.3) is 0 Å². The van der Waals surface area contributed by atoms with E-state index < -0.39 is 10.0 Å².